The van der Waals surface area contributed by atoms with Gasteiger partial charge >= 0.3 is 0 Å². The topological polar surface area (TPSA) is 44.4 Å². The van der Waals surface area contributed by atoms with Crippen LogP contribution in [0, 0.1) is 11.6 Å². The highest BCUT2D eigenvalue weighted by molar-refractivity contribution is 7.80. The van der Waals surface area contributed by atoms with Crippen molar-refractivity contribution in [2.24, 2.45) is 0 Å². The van der Waals surface area contributed by atoms with Gasteiger partial charge in [-0.15, -0.1) is 0 Å². The first-order valence-electron chi connectivity index (χ1n) is 8.37. The number of benzene rings is 2. The summed E-state index contributed by atoms with van der Waals surface area (Å²) >= 11 is 5.14. The summed E-state index contributed by atoms with van der Waals surface area (Å²) in [5.41, 5.74) is 2.21. The zero-order valence-electron chi connectivity index (χ0n) is 14.1. The van der Waals surface area contributed by atoms with Crippen LogP contribution in [0.5, 0.6) is 0 Å². The van der Waals surface area contributed by atoms with Crippen LogP contribution in [0.1, 0.15) is 24.0 Å². The third-order valence-corrected chi connectivity index (χ3v) is 4.45. The van der Waals surface area contributed by atoms with Crippen molar-refractivity contribution in [2.75, 3.05) is 11.9 Å². The molecule has 0 saturated carbocycles. The average molecular weight is 375 g/mol. The van der Waals surface area contributed by atoms with E-state index in [0.29, 0.717) is 19.5 Å². The number of rotatable bonds is 5. The fourth-order valence-electron chi connectivity index (χ4n) is 2.79. The fourth-order valence-corrected chi connectivity index (χ4v) is 2.98. The van der Waals surface area contributed by atoms with Crippen molar-refractivity contribution in [3.05, 3.63) is 65.2 Å². The lowest BCUT2D eigenvalue weighted by Crippen LogP contribution is -2.28. The van der Waals surface area contributed by atoms with Crippen molar-refractivity contribution in [1.29, 1.82) is 0 Å². The third kappa shape index (κ3) is 4.76. The number of likely N-dealkylation sites (tertiary alicyclic amines) is 1. The van der Waals surface area contributed by atoms with Gasteiger partial charge in [0, 0.05) is 32.1 Å². The van der Waals surface area contributed by atoms with Crippen LogP contribution in [0.3, 0.4) is 0 Å². The Bertz CT molecular complexity index is 811. The first-order valence-corrected chi connectivity index (χ1v) is 8.77. The quantitative estimate of drug-likeness (QED) is 0.785. The highest BCUT2D eigenvalue weighted by Crippen LogP contribution is 2.16. The third-order valence-electron chi connectivity index (χ3n) is 4.20. The van der Waals surface area contributed by atoms with Gasteiger partial charge in [0.1, 0.15) is 11.6 Å². The van der Waals surface area contributed by atoms with Crippen molar-refractivity contribution in [2.45, 2.75) is 25.9 Å². The van der Waals surface area contributed by atoms with Gasteiger partial charge in [0.2, 0.25) is 5.91 Å². The van der Waals surface area contributed by atoms with Crippen molar-refractivity contribution in [1.82, 2.24) is 10.2 Å². The number of carbonyl (C=O) groups is 1. The largest absolute Gasteiger partial charge is 0.358 e. The van der Waals surface area contributed by atoms with E-state index in [1.165, 1.54) is 6.07 Å². The normalized spacial score (nSPS) is 13.8. The summed E-state index contributed by atoms with van der Waals surface area (Å²) < 4.78 is 26.5. The second kappa shape index (κ2) is 8.23. The molecule has 0 aliphatic carbocycles. The van der Waals surface area contributed by atoms with Gasteiger partial charge in [-0.3, -0.25) is 4.79 Å². The van der Waals surface area contributed by atoms with E-state index < -0.39 is 11.6 Å². The first-order chi connectivity index (χ1) is 12.5. The molecule has 2 aromatic rings. The molecular weight excluding hydrogens is 356 g/mol. The van der Waals surface area contributed by atoms with E-state index in [2.05, 4.69) is 10.6 Å². The number of thiocarbonyl (C=S) groups is 1. The maximum absolute atomic E-state index is 13.6. The molecule has 0 bridgehead atoms. The zero-order valence-corrected chi connectivity index (χ0v) is 14.9. The molecule has 4 nitrogen and oxygen atoms in total. The summed E-state index contributed by atoms with van der Waals surface area (Å²) in [5.74, 6) is -1.13. The number of nitrogens with zero attached hydrogens (tertiary/aromatic N) is 1. The first kappa shape index (κ1) is 18.3. The lowest BCUT2D eigenvalue weighted by Gasteiger charge is -2.16. The van der Waals surface area contributed by atoms with Crippen molar-refractivity contribution in [3.8, 4) is 0 Å². The SMILES string of the molecule is O=C1CCCN1Cc1ccc(CNC(=S)Nc2ccc(F)cc2F)cc1. The molecule has 1 saturated heterocycles. The van der Waals surface area contributed by atoms with Crippen LogP contribution in [0.15, 0.2) is 42.5 Å². The van der Waals surface area contributed by atoms with Gasteiger partial charge in [-0.2, -0.15) is 0 Å². The summed E-state index contributed by atoms with van der Waals surface area (Å²) in [6.45, 7) is 1.93. The van der Waals surface area contributed by atoms with Crippen LogP contribution in [0.2, 0.25) is 0 Å². The summed E-state index contributed by atoms with van der Waals surface area (Å²) in [4.78, 5) is 13.5. The molecule has 3 rings (SSSR count). The Balaban J connectivity index is 1.49. The fraction of sp³-hybridized carbons (Fsp3) is 0.263. The minimum Gasteiger partial charge on any atom is -0.358 e. The molecular formula is C19H19F2N3OS. The highest BCUT2D eigenvalue weighted by Gasteiger charge is 2.19. The summed E-state index contributed by atoms with van der Waals surface area (Å²) in [6, 6.07) is 11.2. The molecule has 0 atom stereocenters. The van der Waals surface area contributed by atoms with E-state index in [-0.39, 0.29) is 16.7 Å². The molecule has 1 aliphatic heterocycles. The smallest absolute Gasteiger partial charge is 0.222 e. The van der Waals surface area contributed by atoms with Crippen molar-refractivity contribution >= 4 is 28.9 Å². The number of hydrogen-bond donors (Lipinski definition) is 2. The van der Waals surface area contributed by atoms with Crippen LogP contribution >= 0.6 is 12.2 Å². The van der Waals surface area contributed by atoms with E-state index >= 15 is 0 Å². The Morgan fingerprint density at radius 1 is 1.12 bits per heavy atom. The van der Waals surface area contributed by atoms with Crippen LogP contribution in [0.25, 0.3) is 0 Å². The number of anilines is 1. The average Bonchev–Trinajstić information content (AvgIpc) is 3.02. The van der Waals surface area contributed by atoms with Gasteiger partial charge in [0.05, 0.1) is 5.69 Å². The number of amides is 1. The lowest BCUT2D eigenvalue weighted by molar-refractivity contribution is -0.128. The van der Waals surface area contributed by atoms with Crippen molar-refractivity contribution in [3.63, 3.8) is 0 Å². The van der Waals surface area contributed by atoms with Crippen LogP contribution in [0.4, 0.5) is 14.5 Å². The van der Waals surface area contributed by atoms with Gasteiger partial charge in [0.25, 0.3) is 0 Å². The Morgan fingerprint density at radius 2 is 1.85 bits per heavy atom. The molecule has 1 fully saturated rings. The van der Waals surface area contributed by atoms with Gasteiger partial charge in [-0.05, 0) is 41.9 Å². The molecule has 0 aromatic heterocycles. The van der Waals surface area contributed by atoms with Gasteiger partial charge in [0.15, 0.2) is 5.11 Å². The predicted octanol–water partition coefficient (Wildman–Crippen LogP) is 3.57. The Kier molecular flexibility index (Phi) is 5.78. The summed E-state index contributed by atoms with van der Waals surface area (Å²) in [6.07, 6.45) is 1.57. The summed E-state index contributed by atoms with van der Waals surface area (Å²) in [5, 5.41) is 5.94. The number of nitrogens with one attached hydrogen (secondary N) is 2. The highest BCUT2D eigenvalue weighted by atomic mass is 32.1. The molecule has 1 aliphatic rings. The molecule has 1 heterocycles. The number of carbonyl (C=O) groups excluding carboxylic acids is 1. The molecule has 0 spiro atoms. The van der Waals surface area contributed by atoms with E-state index in [9.17, 15) is 13.6 Å². The maximum atomic E-state index is 13.6. The van der Waals surface area contributed by atoms with Crippen LogP contribution in [-0.2, 0) is 17.9 Å². The minimum atomic E-state index is -0.699. The van der Waals surface area contributed by atoms with E-state index in [4.69, 9.17) is 12.2 Å². The molecule has 7 heteroatoms. The van der Waals surface area contributed by atoms with E-state index in [0.717, 1.165) is 36.2 Å². The zero-order chi connectivity index (χ0) is 18.5. The predicted molar refractivity (Wildman–Crippen MR) is 101 cm³/mol. The second-order valence-corrected chi connectivity index (χ2v) is 6.58. The van der Waals surface area contributed by atoms with Crippen molar-refractivity contribution < 1.29 is 13.6 Å². The van der Waals surface area contributed by atoms with Gasteiger partial charge in [-0.25, -0.2) is 8.78 Å². The number of halogens is 2. The molecule has 136 valence electrons. The molecule has 0 radical (unpaired) electrons. The standard InChI is InChI=1S/C19H19F2N3OS/c20-15-7-8-17(16(21)10-15)23-19(26)22-11-13-3-5-14(6-4-13)12-24-9-1-2-18(24)25/h3-8,10H,1-2,9,11-12H2,(H2,22,23,26). The van der Waals surface area contributed by atoms with Crippen LogP contribution < -0.4 is 10.6 Å². The van der Waals surface area contributed by atoms with E-state index in [1.54, 1.807) is 0 Å². The Labute approximate surface area is 156 Å². The van der Waals surface area contributed by atoms with Gasteiger partial charge < -0.3 is 15.5 Å². The Morgan fingerprint density at radius 3 is 2.50 bits per heavy atom. The molecule has 2 N–H and O–H groups in total. The molecule has 0 unspecified atom stereocenters. The molecule has 26 heavy (non-hydrogen) atoms. The van der Waals surface area contributed by atoms with E-state index in [1.807, 2.05) is 29.2 Å². The molecule has 2 aromatic carbocycles. The molecule has 1 amide bonds. The Hall–Kier alpha value is -2.54. The maximum Gasteiger partial charge on any atom is 0.222 e. The minimum absolute atomic E-state index is 0.120. The monoisotopic (exact) mass is 375 g/mol. The number of hydrogen-bond acceptors (Lipinski definition) is 2. The van der Waals surface area contributed by atoms with Gasteiger partial charge in [-0.1, -0.05) is 24.3 Å². The van der Waals surface area contributed by atoms with Crippen LogP contribution in [-0.4, -0.2) is 22.5 Å². The second-order valence-electron chi connectivity index (χ2n) is 6.17. The lowest BCUT2D eigenvalue weighted by atomic mass is 10.1. The summed E-state index contributed by atoms with van der Waals surface area (Å²) in [7, 11) is 0.